The molecule has 1 aromatic heterocycles. The molecular formula is C35H46FN3O4. The van der Waals surface area contributed by atoms with Crippen molar-refractivity contribution in [3.8, 4) is 0 Å². The van der Waals surface area contributed by atoms with E-state index in [4.69, 9.17) is 4.74 Å². The minimum atomic E-state index is -0.583. The van der Waals surface area contributed by atoms with Gasteiger partial charge in [0.2, 0.25) is 11.8 Å². The van der Waals surface area contributed by atoms with Crippen molar-refractivity contribution in [2.45, 2.75) is 114 Å². The third-order valence-electron chi connectivity index (χ3n) is 11.6. The molecule has 5 aliphatic rings. The molecule has 3 saturated carbocycles. The van der Waals surface area contributed by atoms with E-state index in [9.17, 15) is 18.8 Å². The van der Waals surface area contributed by atoms with Crippen LogP contribution in [0.2, 0.25) is 0 Å². The first-order chi connectivity index (χ1) is 21.0. The molecule has 2 atom stereocenters. The van der Waals surface area contributed by atoms with Crippen LogP contribution in [-0.2, 0) is 20.1 Å². The monoisotopic (exact) mass is 591 g/mol. The third-order valence-corrected chi connectivity index (χ3v) is 11.6. The summed E-state index contributed by atoms with van der Waals surface area (Å²) in [6.07, 6.45) is 15.7. The number of rotatable bonds is 6. The molecule has 0 unspecified atom stereocenters. The lowest BCUT2D eigenvalue weighted by molar-refractivity contribution is -0.142. The molecule has 1 N–H and O–H groups in total. The number of halogens is 1. The van der Waals surface area contributed by atoms with E-state index in [2.05, 4.69) is 9.88 Å². The Bertz CT molecular complexity index is 1370. The van der Waals surface area contributed by atoms with Gasteiger partial charge in [-0.05, 0) is 93.4 Å². The molecule has 8 heteroatoms. The van der Waals surface area contributed by atoms with Crippen LogP contribution in [0.25, 0.3) is 10.9 Å². The van der Waals surface area contributed by atoms with Crippen LogP contribution in [0.1, 0.15) is 113 Å². The second kappa shape index (κ2) is 11.9. The highest BCUT2D eigenvalue weighted by molar-refractivity contribution is 6.02. The zero-order valence-corrected chi connectivity index (χ0v) is 25.3. The van der Waals surface area contributed by atoms with E-state index >= 15 is 0 Å². The Hall–Kier alpha value is -2.90. The van der Waals surface area contributed by atoms with E-state index in [1.807, 2.05) is 29.2 Å². The summed E-state index contributed by atoms with van der Waals surface area (Å²) in [5.41, 5.74) is 1.66. The van der Waals surface area contributed by atoms with Gasteiger partial charge in [-0.25, -0.2) is 4.79 Å². The SMILES string of the molecule is O=C1OC2(CCCCC2)n2c1cc1cc(NC(=O)[C@@H]3[C@H](C4CCCCC4)CCN3C(=O)C3CCC(CCF)CC3)ccc12. The summed E-state index contributed by atoms with van der Waals surface area (Å²) in [4.78, 5) is 42.8. The average molecular weight is 592 g/mol. The fourth-order valence-corrected chi connectivity index (χ4v) is 9.34. The number of hydrogen-bond acceptors (Lipinski definition) is 4. The van der Waals surface area contributed by atoms with Crippen molar-refractivity contribution < 1.29 is 23.5 Å². The molecule has 1 spiro atoms. The van der Waals surface area contributed by atoms with E-state index in [-0.39, 0.29) is 36.3 Å². The van der Waals surface area contributed by atoms with Crippen molar-refractivity contribution in [1.29, 1.82) is 0 Å². The fraction of sp³-hybridized carbons (Fsp3) is 0.686. The molecule has 7 nitrogen and oxygen atoms in total. The van der Waals surface area contributed by atoms with Gasteiger partial charge in [-0.1, -0.05) is 38.5 Å². The summed E-state index contributed by atoms with van der Waals surface area (Å²) in [5.74, 6) is 0.713. The number of hydrogen-bond donors (Lipinski definition) is 1. The van der Waals surface area contributed by atoms with Gasteiger partial charge in [-0.2, -0.15) is 0 Å². The molecule has 0 bridgehead atoms. The highest BCUT2D eigenvalue weighted by Gasteiger charge is 2.48. The summed E-state index contributed by atoms with van der Waals surface area (Å²) >= 11 is 0. The number of benzene rings is 1. The van der Waals surface area contributed by atoms with E-state index in [0.717, 1.165) is 88.0 Å². The highest BCUT2D eigenvalue weighted by Crippen LogP contribution is 2.45. The summed E-state index contributed by atoms with van der Waals surface area (Å²) in [7, 11) is 0. The second-order valence-electron chi connectivity index (χ2n) is 14.0. The normalized spacial score (nSPS) is 29.1. The van der Waals surface area contributed by atoms with Crippen LogP contribution in [0.5, 0.6) is 0 Å². The Morgan fingerprint density at radius 1 is 0.930 bits per heavy atom. The molecule has 3 heterocycles. The molecule has 7 rings (SSSR count). The molecule has 43 heavy (non-hydrogen) atoms. The number of anilines is 1. The number of nitrogens with zero attached hydrogens (tertiary/aromatic N) is 2. The summed E-state index contributed by atoms with van der Waals surface area (Å²) in [6.45, 7) is 0.349. The number of alkyl halides is 1. The average Bonchev–Trinajstić information content (AvgIpc) is 3.71. The fourth-order valence-electron chi connectivity index (χ4n) is 9.34. The number of ether oxygens (including phenoxy) is 1. The van der Waals surface area contributed by atoms with Gasteiger partial charge in [-0.3, -0.25) is 18.5 Å². The lowest BCUT2D eigenvalue weighted by atomic mass is 9.76. The zero-order chi connectivity index (χ0) is 29.6. The smallest absolute Gasteiger partial charge is 0.357 e. The quantitative estimate of drug-likeness (QED) is 0.357. The molecule has 1 aromatic carbocycles. The minimum absolute atomic E-state index is 0.0665. The van der Waals surface area contributed by atoms with Crippen LogP contribution in [0, 0.1) is 23.7 Å². The van der Waals surface area contributed by atoms with Crippen molar-refractivity contribution in [1.82, 2.24) is 9.47 Å². The maximum atomic E-state index is 14.1. The summed E-state index contributed by atoms with van der Waals surface area (Å²) in [5, 5.41) is 4.12. The number of esters is 1. The third kappa shape index (κ3) is 5.27. The maximum Gasteiger partial charge on any atom is 0.357 e. The van der Waals surface area contributed by atoms with Crippen molar-refractivity contribution in [3.63, 3.8) is 0 Å². The van der Waals surface area contributed by atoms with Crippen LogP contribution in [-0.4, -0.2) is 46.5 Å². The number of likely N-dealkylation sites (tertiary alicyclic amines) is 1. The largest absolute Gasteiger partial charge is 0.434 e. The predicted molar refractivity (Wildman–Crippen MR) is 163 cm³/mol. The first kappa shape index (κ1) is 28.8. The van der Waals surface area contributed by atoms with E-state index in [0.29, 0.717) is 36.2 Å². The predicted octanol–water partition coefficient (Wildman–Crippen LogP) is 7.33. The topological polar surface area (TPSA) is 80.6 Å². The number of aromatic nitrogens is 1. The number of nitrogens with one attached hydrogen (secondary N) is 1. The number of carbonyl (C=O) groups is 3. The van der Waals surface area contributed by atoms with E-state index in [1.165, 1.54) is 19.3 Å². The minimum Gasteiger partial charge on any atom is -0.434 e. The van der Waals surface area contributed by atoms with Crippen molar-refractivity contribution in [2.75, 3.05) is 18.5 Å². The van der Waals surface area contributed by atoms with Crippen LogP contribution in [0.15, 0.2) is 24.3 Å². The van der Waals surface area contributed by atoms with Crippen LogP contribution >= 0.6 is 0 Å². The maximum absolute atomic E-state index is 14.1. The van der Waals surface area contributed by atoms with Gasteiger partial charge in [-0.15, -0.1) is 0 Å². The van der Waals surface area contributed by atoms with Crippen molar-refractivity contribution >= 4 is 34.4 Å². The highest BCUT2D eigenvalue weighted by atomic mass is 19.1. The lowest BCUT2D eigenvalue weighted by Crippen LogP contribution is -2.49. The van der Waals surface area contributed by atoms with Gasteiger partial charge in [0.25, 0.3) is 0 Å². The molecule has 2 aliphatic heterocycles. The number of carbonyl (C=O) groups excluding carboxylic acids is 3. The van der Waals surface area contributed by atoms with Gasteiger partial charge >= 0.3 is 5.97 Å². The van der Waals surface area contributed by atoms with Crippen LogP contribution < -0.4 is 5.32 Å². The molecular weight excluding hydrogens is 545 g/mol. The van der Waals surface area contributed by atoms with Crippen molar-refractivity contribution in [3.05, 3.63) is 30.0 Å². The standard InChI is InChI=1S/C35H46FN3O4/c36-19-15-23-9-11-25(12-10-23)33(41)38-20-16-28(24-7-3-1-4-8-24)31(38)32(40)37-27-13-14-29-26(21-27)22-30-34(42)43-35(39(29)30)17-5-2-6-18-35/h13-14,21-25,28,31H,1-12,15-20H2,(H,37,40)/t23?,25?,28-,31-/m0/s1. The van der Waals surface area contributed by atoms with Gasteiger partial charge < -0.3 is 15.0 Å². The van der Waals surface area contributed by atoms with Crippen molar-refractivity contribution in [2.24, 2.45) is 23.7 Å². The Morgan fingerprint density at radius 3 is 2.42 bits per heavy atom. The Kier molecular flexibility index (Phi) is 7.97. The van der Waals surface area contributed by atoms with Crippen LogP contribution in [0.4, 0.5) is 10.1 Å². The summed E-state index contributed by atoms with van der Waals surface area (Å²) in [6, 6.07) is 7.32. The molecule has 2 aromatic rings. The number of fused-ring (bicyclic) bond motifs is 4. The van der Waals surface area contributed by atoms with Gasteiger partial charge in [0.05, 0.1) is 12.2 Å². The molecule has 232 valence electrons. The van der Waals surface area contributed by atoms with Gasteiger partial charge in [0.15, 0.2) is 5.72 Å². The molecule has 3 aliphatic carbocycles. The first-order valence-corrected chi connectivity index (χ1v) is 17.0. The van der Waals surface area contributed by atoms with Gasteiger partial charge in [0.1, 0.15) is 11.7 Å². The summed E-state index contributed by atoms with van der Waals surface area (Å²) < 4.78 is 20.9. The van der Waals surface area contributed by atoms with E-state index in [1.54, 1.807) is 0 Å². The first-order valence-electron chi connectivity index (χ1n) is 17.0. The molecule has 1 saturated heterocycles. The lowest BCUT2D eigenvalue weighted by Gasteiger charge is -2.36. The molecule has 2 amide bonds. The molecule has 0 radical (unpaired) electrons. The zero-order valence-electron chi connectivity index (χ0n) is 25.3. The Balaban J connectivity index is 1.12. The second-order valence-corrected chi connectivity index (χ2v) is 14.0. The molecule has 4 fully saturated rings. The number of amides is 2. The Labute approximate surface area is 253 Å². The van der Waals surface area contributed by atoms with E-state index < -0.39 is 11.8 Å². The van der Waals surface area contributed by atoms with Crippen LogP contribution in [0.3, 0.4) is 0 Å². The Morgan fingerprint density at radius 2 is 1.67 bits per heavy atom. The van der Waals surface area contributed by atoms with Gasteiger partial charge in [0, 0.05) is 36.4 Å².